The first kappa shape index (κ1) is 11.8. The monoisotopic (exact) mass is 262 g/mol. The largest absolute Gasteiger partial charge is 0.376 e. The zero-order valence-corrected chi connectivity index (χ0v) is 10.7. The summed E-state index contributed by atoms with van der Waals surface area (Å²) in [6.07, 6.45) is 0.0373. The first-order valence-electron chi connectivity index (χ1n) is 6.02. The molecule has 0 saturated carbocycles. The Morgan fingerprint density at radius 1 is 1.33 bits per heavy atom. The second-order valence-electron chi connectivity index (χ2n) is 4.33. The van der Waals surface area contributed by atoms with E-state index in [0.717, 1.165) is 5.56 Å². The molecule has 4 heteroatoms. The van der Waals surface area contributed by atoms with Gasteiger partial charge in [-0.05, 0) is 22.4 Å². The summed E-state index contributed by atoms with van der Waals surface area (Å²) >= 11 is 1.68. The van der Waals surface area contributed by atoms with Crippen LogP contribution < -0.4 is 0 Å². The van der Waals surface area contributed by atoms with Crippen molar-refractivity contribution in [2.75, 3.05) is 19.8 Å². The molecule has 1 aliphatic rings. The molecule has 3 nitrogen and oxygen atoms in total. The molecular weight excluding hydrogens is 248 g/mol. The van der Waals surface area contributed by atoms with Crippen molar-refractivity contribution >= 4 is 27.2 Å². The van der Waals surface area contributed by atoms with Gasteiger partial charge in [0, 0.05) is 11.1 Å². The molecule has 1 aromatic heterocycles. The molecule has 94 valence electrons. The molecule has 1 fully saturated rings. The van der Waals surface area contributed by atoms with Crippen LogP contribution in [0.25, 0.3) is 10.1 Å². The molecule has 0 radical (unpaired) electrons. The molecule has 0 aliphatic carbocycles. The molecule has 3 rings (SSSR count). The summed E-state index contributed by atoms with van der Waals surface area (Å²) in [4.78, 5) is 12.1. The van der Waals surface area contributed by atoms with Gasteiger partial charge in [0.15, 0.2) is 5.78 Å². The highest BCUT2D eigenvalue weighted by Gasteiger charge is 2.23. The lowest BCUT2D eigenvalue weighted by Crippen LogP contribution is -2.36. The lowest BCUT2D eigenvalue weighted by atomic mass is 10.0. The van der Waals surface area contributed by atoms with Crippen LogP contribution in [-0.4, -0.2) is 31.7 Å². The van der Waals surface area contributed by atoms with Gasteiger partial charge in [0.25, 0.3) is 0 Å². The number of rotatable bonds is 3. The van der Waals surface area contributed by atoms with E-state index in [2.05, 4.69) is 17.5 Å². The SMILES string of the molecule is O=C(Cc1csc2ccccc12)C1COCCO1. The zero-order valence-electron chi connectivity index (χ0n) is 9.93. The molecule has 1 unspecified atom stereocenters. The Bertz CT molecular complexity index is 555. The average Bonchev–Trinajstić information content (AvgIpc) is 2.83. The predicted octanol–water partition coefficient (Wildman–Crippen LogP) is 2.43. The first-order chi connectivity index (χ1) is 8.84. The second-order valence-corrected chi connectivity index (χ2v) is 5.25. The standard InChI is InChI=1S/C14H14O3S/c15-12(13-8-16-5-6-17-13)7-10-9-18-14-4-2-1-3-11(10)14/h1-4,9,13H,5-8H2. The zero-order chi connectivity index (χ0) is 12.4. The quantitative estimate of drug-likeness (QED) is 0.852. The number of benzene rings is 1. The van der Waals surface area contributed by atoms with Crippen LogP contribution in [0.3, 0.4) is 0 Å². The summed E-state index contributed by atoms with van der Waals surface area (Å²) in [5.41, 5.74) is 1.09. The molecule has 18 heavy (non-hydrogen) atoms. The Hall–Kier alpha value is -1.23. The topological polar surface area (TPSA) is 35.5 Å². The van der Waals surface area contributed by atoms with Gasteiger partial charge >= 0.3 is 0 Å². The molecule has 1 aliphatic heterocycles. The van der Waals surface area contributed by atoms with E-state index in [0.29, 0.717) is 26.2 Å². The van der Waals surface area contributed by atoms with Gasteiger partial charge in [-0.15, -0.1) is 11.3 Å². The van der Waals surface area contributed by atoms with Crippen molar-refractivity contribution in [2.24, 2.45) is 0 Å². The minimum absolute atomic E-state index is 0.109. The maximum absolute atomic E-state index is 12.1. The van der Waals surface area contributed by atoms with E-state index in [1.54, 1.807) is 11.3 Å². The van der Waals surface area contributed by atoms with Crippen LogP contribution in [0.4, 0.5) is 0 Å². The lowest BCUT2D eigenvalue weighted by molar-refractivity contribution is -0.144. The van der Waals surface area contributed by atoms with Gasteiger partial charge in [-0.3, -0.25) is 4.79 Å². The van der Waals surface area contributed by atoms with Crippen molar-refractivity contribution in [1.29, 1.82) is 0 Å². The normalized spacial score (nSPS) is 20.1. The second kappa shape index (κ2) is 5.18. The smallest absolute Gasteiger partial charge is 0.168 e. The van der Waals surface area contributed by atoms with Crippen LogP contribution in [0.2, 0.25) is 0 Å². The number of ether oxygens (including phenoxy) is 2. The third-order valence-electron chi connectivity index (χ3n) is 3.10. The van der Waals surface area contributed by atoms with Crippen molar-refractivity contribution < 1.29 is 14.3 Å². The number of carbonyl (C=O) groups excluding carboxylic acids is 1. The van der Waals surface area contributed by atoms with Crippen LogP contribution in [0.15, 0.2) is 29.6 Å². The van der Waals surface area contributed by atoms with E-state index < -0.39 is 6.10 Å². The molecule has 2 heterocycles. The van der Waals surface area contributed by atoms with Crippen molar-refractivity contribution in [3.05, 3.63) is 35.2 Å². The molecule has 0 amide bonds. The third-order valence-corrected chi connectivity index (χ3v) is 4.11. The fraction of sp³-hybridized carbons (Fsp3) is 0.357. The van der Waals surface area contributed by atoms with Gasteiger partial charge in [-0.1, -0.05) is 18.2 Å². The molecule has 2 aromatic rings. The fourth-order valence-corrected chi connectivity index (χ4v) is 3.11. The van der Waals surface area contributed by atoms with Gasteiger partial charge in [-0.2, -0.15) is 0 Å². The Balaban J connectivity index is 1.77. The molecule has 0 N–H and O–H groups in total. The van der Waals surface area contributed by atoms with Gasteiger partial charge in [-0.25, -0.2) is 0 Å². The Morgan fingerprint density at radius 2 is 2.22 bits per heavy atom. The van der Waals surface area contributed by atoms with Crippen LogP contribution in [0.5, 0.6) is 0 Å². The molecular formula is C14H14O3S. The highest BCUT2D eigenvalue weighted by atomic mass is 32.1. The van der Waals surface area contributed by atoms with Crippen LogP contribution in [0, 0.1) is 0 Å². The highest BCUT2D eigenvalue weighted by Crippen LogP contribution is 2.26. The molecule has 1 saturated heterocycles. The molecule has 1 atom stereocenters. The van der Waals surface area contributed by atoms with E-state index in [-0.39, 0.29) is 5.78 Å². The van der Waals surface area contributed by atoms with E-state index in [1.807, 2.05) is 12.1 Å². The fourth-order valence-electron chi connectivity index (χ4n) is 2.14. The van der Waals surface area contributed by atoms with Crippen molar-refractivity contribution in [1.82, 2.24) is 0 Å². The number of fused-ring (bicyclic) bond motifs is 1. The number of Topliss-reactive ketones (excluding diaryl/α,β-unsaturated/α-hetero) is 1. The molecule has 0 spiro atoms. The number of hydrogen-bond acceptors (Lipinski definition) is 4. The van der Waals surface area contributed by atoms with Crippen LogP contribution >= 0.6 is 11.3 Å². The number of hydrogen-bond donors (Lipinski definition) is 0. The summed E-state index contributed by atoms with van der Waals surface area (Å²) in [6, 6.07) is 8.16. The van der Waals surface area contributed by atoms with Crippen molar-refractivity contribution in [3.8, 4) is 0 Å². The predicted molar refractivity (Wildman–Crippen MR) is 71.1 cm³/mol. The van der Waals surface area contributed by atoms with E-state index in [4.69, 9.17) is 9.47 Å². The van der Waals surface area contributed by atoms with Gasteiger partial charge in [0.2, 0.25) is 0 Å². The van der Waals surface area contributed by atoms with Crippen LogP contribution in [-0.2, 0) is 20.7 Å². The summed E-state index contributed by atoms with van der Waals surface area (Å²) in [7, 11) is 0. The third kappa shape index (κ3) is 2.32. The minimum atomic E-state index is -0.391. The Kier molecular flexibility index (Phi) is 3.41. The van der Waals surface area contributed by atoms with E-state index in [9.17, 15) is 4.79 Å². The maximum Gasteiger partial charge on any atom is 0.168 e. The summed E-state index contributed by atoms with van der Waals surface area (Å²) < 4.78 is 11.9. The number of thiophene rings is 1. The van der Waals surface area contributed by atoms with E-state index in [1.165, 1.54) is 10.1 Å². The number of ketones is 1. The summed E-state index contributed by atoms with van der Waals surface area (Å²) in [5, 5.41) is 3.24. The van der Waals surface area contributed by atoms with Gasteiger partial charge < -0.3 is 9.47 Å². The average molecular weight is 262 g/mol. The molecule has 1 aromatic carbocycles. The summed E-state index contributed by atoms with van der Waals surface area (Å²) in [5.74, 6) is 0.109. The van der Waals surface area contributed by atoms with E-state index >= 15 is 0 Å². The Morgan fingerprint density at radius 3 is 3.06 bits per heavy atom. The minimum Gasteiger partial charge on any atom is -0.376 e. The number of carbonyl (C=O) groups is 1. The van der Waals surface area contributed by atoms with Crippen LogP contribution in [0.1, 0.15) is 5.56 Å². The van der Waals surface area contributed by atoms with Crippen molar-refractivity contribution in [2.45, 2.75) is 12.5 Å². The first-order valence-corrected chi connectivity index (χ1v) is 6.90. The maximum atomic E-state index is 12.1. The summed E-state index contributed by atoms with van der Waals surface area (Å²) in [6.45, 7) is 1.49. The van der Waals surface area contributed by atoms with Gasteiger partial charge in [0.05, 0.1) is 19.8 Å². The Labute approximate surface area is 109 Å². The highest BCUT2D eigenvalue weighted by molar-refractivity contribution is 7.17. The lowest BCUT2D eigenvalue weighted by Gasteiger charge is -2.21. The van der Waals surface area contributed by atoms with Crippen molar-refractivity contribution in [3.63, 3.8) is 0 Å². The molecule has 0 bridgehead atoms. The van der Waals surface area contributed by atoms with Gasteiger partial charge in [0.1, 0.15) is 6.10 Å².